The zero-order valence-electron chi connectivity index (χ0n) is 14.0. The van der Waals surface area contributed by atoms with E-state index in [9.17, 15) is 0 Å². The molecule has 2 N–H and O–H groups in total. The van der Waals surface area contributed by atoms with E-state index in [0.717, 1.165) is 36.4 Å². The first-order valence-corrected chi connectivity index (χ1v) is 8.03. The quantitative estimate of drug-likeness (QED) is 0.763. The van der Waals surface area contributed by atoms with Crippen LogP contribution in [0.1, 0.15) is 11.1 Å². The minimum atomic E-state index is -0.0588. The number of aromatic nitrogens is 3. The average Bonchev–Trinajstić information content (AvgIpc) is 2.99. The van der Waals surface area contributed by atoms with Crippen molar-refractivity contribution in [3.05, 3.63) is 60.6 Å². The van der Waals surface area contributed by atoms with Gasteiger partial charge in [-0.05, 0) is 29.7 Å². The minimum absolute atomic E-state index is 0.0588. The van der Waals surface area contributed by atoms with E-state index >= 15 is 0 Å². The van der Waals surface area contributed by atoms with Gasteiger partial charge in [-0.25, -0.2) is 9.50 Å². The van der Waals surface area contributed by atoms with E-state index in [0.29, 0.717) is 6.61 Å². The van der Waals surface area contributed by atoms with Crippen molar-refractivity contribution in [3.8, 4) is 0 Å². The third-order valence-electron chi connectivity index (χ3n) is 4.23. The van der Waals surface area contributed by atoms with Crippen LogP contribution < -0.4 is 10.6 Å². The molecule has 1 atom stereocenters. The number of rotatable bonds is 7. The number of nitrogens with zero attached hydrogens (tertiary/aromatic N) is 3. The smallest absolute Gasteiger partial charge is 0.154 e. The predicted molar refractivity (Wildman–Crippen MR) is 96.2 cm³/mol. The summed E-state index contributed by atoms with van der Waals surface area (Å²) in [6.07, 6.45) is 10.1. The predicted octanol–water partition coefficient (Wildman–Crippen LogP) is 2.10. The summed E-state index contributed by atoms with van der Waals surface area (Å²) in [5.41, 5.74) is 4.63. The molecule has 24 heavy (non-hydrogen) atoms. The highest BCUT2D eigenvalue weighted by Gasteiger charge is 2.20. The molecule has 0 spiro atoms. The molecule has 0 aromatic carbocycles. The third-order valence-corrected chi connectivity index (χ3v) is 4.23. The van der Waals surface area contributed by atoms with Crippen LogP contribution in [0.25, 0.3) is 5.52 Å². The molecule has 3 heterocycles. The lowest BCUT2D eigenvalue weighted by Crippen LogP contribution is -2.28. The molecular formula is C18H23N5O. The minimum Gasteiger partial charge on any atom is -0.382 e. The van der Waals surface area contributed by atoms with Gasteiger partial charge in [-0.2, -0.15) is 5.10 Å². The summed E-state index contributed by atoms with van der Waals surface area (Å²) in [5, 5.41) is 11.2. The Morgan fingerprint density at radius 1 is 1.54 bits per heavy atom. The number of ether oxygens (including phenoxy) is 1. The second-order valence-corrected chi connectivity index (χ2v) is 5.72. The highest BCUT2D eigenvalue weighted by atomic mass is 16.5. The van der Waals surface area contributed by atoms with E-state index in [1.54, 1.807) is 19.5 Å². The monoisotopic (exact) mass is 325 g/mol. The molecule has 1 aliphatic rings. The molecule has 2 aromatic rings. The lowest BCUT2D eigenvalue weighted by molar-refractivity contribution is 0.194. The van der Waals surface area contributed by atoms with Gasteiger partial charge < -0.3 is 15.4 Å². The maximum atomic E-state index is 5.37. The largest absolute Gasteiger partial charge is 0.382 e. The van der Waals surface area contributed by atoms with Gasteiger partial charge in [0.05, 0.1) is 12.6 Å². The van der Waals surface area contributed by atoms with Gasteiger partial charge in [-0.1, -0.05) is 31.4 Å². The Morgan fingerprint density at radius 3 is 3.17 bits per heavy atom. The Hall–Kier alpha value is -2.44. The Kier molecular flexibility index (Phi) is 5.08. The van der Waals surface area contributed by atoms with E-state index in [1.165, 1.54) is 11.1 Å². The van der Waals surface area contributed by atoms with Gasteiger partial charge in [0.2, 0.25) is 0 Å². The number of methoxy groups -OCH3 is 1. The molecular weight excluding hydrogens is 302 g/mol. The molecule has 6 heteroatoms. The molecule has 0 fully saturated rings. The zero-order chi connectivity index (χ0) is 16.9. The van der Waals surface area contributed by atoms with E-state index in [2.05, 4.69) is 40.1 Å². The molecule has 0 radical (unpaired) electrons. The van der Waals surface area contributed by atoms with Gasteiger partial charge in [-0.15, -0.1) is 0 Å². The second kappa shape index (κ2) is 7.42. The van der Waals surface area contributed by atoms with Crippen molar-refractivity contribution in [3.63, 3.8) is 0 Å². The van der Waals surface area contributed by atoms with Crippen molar-refractivity contribution in [2.45, 2.75) is 19.0 Å². The van der Waals surface area contributed by atoms with Gasteiger partial charge >= 0.3 is 0 Å². The number of hydrogen-bond acceptors (Lipinski definition) is 5. The normalized spacial score (nSPS) is 15.8. The second-order valence-electron chi connectivity index (χ2n) is 5.72. The van der Waals surface area contributed by atoms with Crippen molar-refractivity contribution in [1.29, 1.82) is 0 Å². The first kappa shape index (κ1) is 16.4. The molecule has 1 aliphatic heterocycles. The van der Waals surface area contributed by atoms with Crippen molar-refractivity contribution >= 4 is 11.3 Å². The van der Waals surface area contributed by atoms with E-state index in [-0.39, 0.29) is 6.04 Å². The first-order chi connectivity index (χ1) is 11.8. The van der Waals surface area contributed by atoms with Gasteiger partial charge in [0.1, 0.15) is 11.8 Å². The van der Waals surface area contributed by atoms with Crippen LogP contribution in [0.2, 0.25) is 0 Å². The molecule has 0 aliphatic carbocycles. The summed E-state index contributed by atoms with van der Waals surface area (Å²) in [6.45, 7) is 10.0. The molecule has 3 rings (SSSR count). The van der Waals surface area contributed by atoms with Crippen molar-refractivity contribution < 1.29 is 4.74 Å². The summed E-state index contributed by atoms with van der Waals surface area (Å²) < 4.78 is 7.27. The maximum Gasteiger partial charge on any atom is 0.154 e. The highest BCUT2D eigenvalue weighted by Crippen LogP contribution is 2.26. The highest BCUT2D eigenvalue weighted by molar-refractivity contribution is 5.75. The third kappa shape index (κ3) is 3.11. The van der Waals surface area contributed by atoms with Crippen molar-refractivity contribution in [2.24, 2.45) is 0 Å². The number of allylic oxidation sites excluding steroid dienone is 2. The Bertz CT molecular complexity index is 777. The van der Waals surface area contributed by atoms with Gasteiger partial charge in [-0.3, -0.25) is 0 Å². The molecule has 0 unspecified atom stereocenters. The molecule has 126 valence electrons. The van der Waals surface area contributed by atoms with Gasteiger partial charge in [0.25, 0.3) is 0 Å². The topological polar surface area (TPSA) is 63.5 Å². The SMILES string of the molecule is C=C/C=C(\C=C)[C@@H](COC)Nc1ncnn2cc3c(c12)CCNC3. The number of anilines is 1. The summed E-state index contributed by atoms with van der Waals surface area (Å²) in [5.74, 6) is 0.812. The molecule has 6 nitrogen and oxygen atoms in total. The van der Waals surface area contributed by atoms with Crippen LogP contribution in [-0.4, -0.2) is 40.9 Å². The van der Waals surface area contributed by atoms with Crippen molar-refractivity contribution in [1.82, 2.24) is 19.9 Å². The van der Waals surface area contributed by atoms with Crippen LogP contribution in [0.4, 0.5) is 5.82 Å². The van der Waals surface area contributed by atoms with Crippen LogP contribution in [0.15, 0.2) is 49.5 Å². The van der Waals surface area contributed by atoms with Crippen LogP contribution >= 0.6 is 0 Å². The van der Waals surface area contributed by atoms with Crippen LogP contribution in [0, 0.1) is 0 Å². The number of fused-ring (bicyclic) bond motifs is 3. The van der Waals surface area contributed by atoms with Crippen LogP contribution in [-0.2, 0) is 17.7 Å². The summed E-state index contributed by atoms with van der Waals surface area (Å²) in [4.78, 5) is 4.48. The van der Waals surface area contributed by atoms with Crippen LogP contribution in [0.5, 0.6) is 0 Å². The fourth-order valence-corrected chi connectivity index (χ4v) is 3.11. The lowest BCUT2D eigenvalue weighted by atomic mass is 10.0. The van der Waals surface area contributed by atoms with Gasteiger partial charge in [0.15, 0.2) is 5.82 Å². The van der Waals surface area contributed by atoms with E-state index in [4.69, 9.17) is 4.74 Å². The van der Waals surface area contributed by atoms with Gasteiger partial charge in [0, 0.05) is 19.9 Å². The summed E-state index contributed by atoms with van der Waals surface area (Å²) >= 11 is 0. The zero-order valence-corrected chi connectivity index (χ0v) is 14.0. The van der Waals surface area contributed by atoms with E-state index < -0.39 is 0 Å². The summed E-state index contributed by atoms with van der Waals surface area (Å²) in [7, 11) is 1.68. The molecule has 0 amide bonds. The Labute approximate surface area is 141 Å². The fraction of sp³-hybridized carbons (Fsp3) is 0.333. The molecule has 0 bridgehead atoms. The fourth-order valence-electron chi connectivity index (χ4n) is 3.11. The average molecular weight is 325 g/mol. The van der Waals surface area contributed by atoms with E-state index in [1.807, 2.05) is 16.7 Å². The lowest BCUT2D eigenvalue weighted by Gasteiger charge is -2.21. The van der Waals surface area contributed by atoms with Crippen LogP contribution in [0.3, 0.4) is 0 Å². The Balaban J connectivity index is 2.01. The molecule has 0 saturated carbocycles. The van der Waals surface area contributed by atoms with Crippen molar-refractivity contribution in [2.75, 3.05) is 25.6 Å². The number of hydrogen-bond donors (Lipinski definition) is 2. The maximum absolute atomic E-state index is 5.37. The number of nitrogens with one attached hydrogen (secondary N) is 2. The Morgan fingerprint density at radius 2 is 2.42 bits per heavy atom. The molecule has 2 aromatic heterocycles. The standard InChI is InChI=1S/C18H23N5O/c1-4-6-13(5-2)16(11-24-3)22-18-17-15-7-8-19-9-14(15)10-23(17)21-12-20-18/h4-6,10,12,16,19H,1-2,7-9,11H2,3H3,(H,20,21,22)/b13-6+/t16-/m1/s1. The molecule has 0 saturated heterocycles. The first-order valence-electron chi connectivity index (χ1n) is 8.03. The summed E-state index contributed by atoms with van der Waals surface area (Å²) in [6, 6.07) is -0.0588.